The third kappa shape index (κ3) is 2.98. The van der Waals surface area contributed by atoms with E-state index >= 15 is 0 Å². The summed E-state index contributed by atoms with van der Waals surface area (Å²) in [5.74, 6) is 0. The first-order chi connectivity index (χ1) is 5.38. The van der Waals surface area contributed by atoms with Crippen molar-refractivity contribution in [3.05, 3.63) is 42.5 Å². The van der Waals surface area contributed by atoms with Gasteiger partial charge in [-0.3, -0.25) is 0 Å². The predicted molar refractivity (Wildman–Crippen MR) is 50.6 cm³/mol. The Morgan fingerprint density at radius 1 is 0.846 bits per heavy atom. The predicted octanol–water partition coefficient (Wildman–Crippen LogP) is -3.34. The van der Waals surface area contributed by atoms with E-state index in [-0.39, 0.29) is 62.0 Å². The van der Waals surface area contributed by atoms with Gasteiger partial charge in [0.25, 0.3) is 0 Å². The standard InChI is InChI=1S/C10H9N.2Na.2H/c11-10-7-3-5-8-4-1-2-6-9(8)10;;;;/h1-7H,11H2;;;;/q;2*+1;2*-1. The van der Waals surface area contributed by atoms with Crippen molar-refractivity contribution in [1.82, 2.24) is 0 Å². The van der Waals surface area contributed by atoms with E-state index in [0.717, 1.165) is 11.1 Å². The van der Waals surface area contributed by atoms with Gasteiger partial charge < -0.3 is 8.59 Å². The van der Waals surface area contributed by atoms with Crippen LogP contribution >= 0.6 is 0 Å². The molecule has 0 amide bonds. The molecule has 58 valence electrons. The van der Waals surface area contributed by atoms with Crippen LogP contribution in [0.3, 0.4) is 0 Å². The van der Waals surface area contributed by atoms with Gasteiger partial charge in [0, 0.05) is 11.1 Å². The molecule has 0 aliphatic heterocycles. The maximum Gasteiger partial charge on any atom is 1.00 e. The summed E-state index contributed by atoms with van der Waals surface area (Å²) in [6.45, 7) is 0. The molecule has 2 N–H and O–H groups in total. The van der Waals surface area contributed by atoms with Gasteiger partial charge in [0.1, 0.15) is 0 Å². The van der Waals surface area contributed by atoms with E-state index in [0.29, 0.717) is 0 Å². The average Bonchev–Trinajstić information content (AvgIpc) is 2.06. The number of benzene rings is 2. The van der Waals surface area contributed by atoms with Gasteiger partial charge in [-0.05, 0) is 11.5 Å². The van der Waals surface area contributed by atoms with Crippen LogP contribution in [0.1, 0.15) is 2.85 Å². The zero-order valence-electron chi connectivity index (χ0n) is 10.1. The molecule has 0 unspecified atom stereocenters. The molecule has 0 aliphatic rings. The molecule has 3 heteroatoms. The largest absolute Gasteiger partial charge is 1.00 e. The van der Waals surface area contributed by atoms with Gasteiger partial charge >= 0.3 is 59.1 Å². The van der Waals surface area contributed by atoms with Gasteiger partial charge in [0.05, 0.1) is 0 Å². The van der Waals surface area contributed by atoms with Crippen molar-refractivity contribution in [1.29, 1.82) is 0 Å². The van der Waals surface area contributed by atoms with E-state index in [9.17, 15) is 0 Å². The molecule has 0 radical (unpaired) electrons. The van der Waals surface area contributed by atoms with Crippen LogP contribution in [0.2, 0.25) is 0 Å². The van der Waals surface area contributed by atoms with Crippen LogP contribution in [-0.4, -0.2) is 0 Å². The van der Waals surface area contributed by atoms with E-state index < -0.39 is 0 Å². The summed E-state index contributed by atoms with van der Waals surface area (Å²) >= 11 is 0. The Morgan fingerprint density at radius 2 is 1.46 bits per heavy atom. The van der Waals surface area contributed by atoms with Gasteiger partial charge in [-0.25, -0.2) is 0 Å². The van der Waals surface area contributed by atoms with E-state index in [1.165, 1.54) is 5.39 Å². The summed E-state index contributed by atoms with van der Waals surface area (Å²) in [7, 11) is 0. The Balaban J connectivity index is -0.000000360. The fraction of sp³-hybridized carbons (Fsp3) is 0. The number of fused-ring (bicyclic) bond motifs is 1. The van der Waals surface area contributed by atoms with Crippen LogP contribution in [0.4, 0.5) is 5.69 Å². The smallest absolute Gasteiger partial charge is 1.00 e. The first kappa shape index (κ1) is 13.5. The van der Waals surface area contributed by atoms with Gasteiger partial charge in [-0.15, -0.1) is 0 Å². The number of rotatable bonds is 0. The summed E-state index contributed by atoms with van der Waals surface area (Å²) < 4.78 is 0. The Hall–Kier alpha value is 0.500. The molecule has 2 rings (SSSR count). The van der Waals surface area contributed by atoms with Gasteiger partial charge in [-0.2, -0.15) is 0 Å². The SMILES string of the molecule is Nc1cccc2ccccc12.[H-].[H-].[Na+].[Na+]. The Kier molecular flexibility index (Phi) is 6.31. The van der Waals surface area contributed by atoms with Crippen molar-refractivity contribution in [3.63, 3.8) is 0 Å². The van der Waals surface area contributed by atoms with Gasteiger partial charge in [0.15, 0.2) is 0 Å². The molecule has 0 fully saturated rings. The van der Waals surface area contributed by atoms with Crippen molar-refractivity contribution in [2.24, 2.45) is 0 Å². The second-order valence-corrected chi connectivity index (χ2v) is 2.57. The fourth-order valence-electron chi connectivity index (χ4n) is 1.25. The molecule has 0 bridgehead atoms. The Labute approximate surface area is 125 Å². The number of anilines is 1. The molecule has 0 aliphatic carbocycles. The van der Waals surface area contributed by atoms with Crippen LogP contribution in [0.15, 0.2) is 42.5 Å². The van der Waals surface area contributed by atoms with Crippen molar-refractivity contribution in [3.8, 4) is 0 Å². The normalized spacial score (nSPS) is 8.62. The number of hydrogen-bond acceptors (Lipinski definition) is 1. The average molecular weight is 191 g/mol. The molecule has 0 aromatic heterocycles. The number of hydrogen-bond donors (Lipinski definition) is 1. The second kappa shape index (κ2) is 6.07. The summed E-state index contributed by atoms with van der Waals surface area (Å²) in [6.07, 6.45) is 0. The zero-order valence-corrected chi connectivity index (χ0v) is 12.1. The molecule has 2 aromatic rings. The molecule has 0 spiro atoms. The van der Waals surface area contributed by atoms with Crippen molar-refractivity contribution in [2.45, 2.75) is 0 Å². The van der Waals surface area contributed by atoms with Crippen LogP contribution in [0, 0.1) is 0 Å². The number of nitrogens with two attached hydrogens (primary N) is 1. The maximum absolute atomic E-state index is 5.76. The zero-order chi connectivity index (χ0) is 7.68. The monoisotopic (exact) mass is 191 g/mol. The third-order valence-electron chi connectivity index (χ3n) is 1.82. The second-order valence-electron chi connectivity index (χ2n) is 2.57. The maximum atomic E-state index is 5.76. The van der Waals surface area contributed by atoms with Crippen LogP contribution in [-0.2, 0) is 0 Å². The minimum Gasteiger partial charge on any atom is -1.00 e. The summed E-state index contributed by atoms with van der Waals surface area (Å²) in [4.78, 5) is 0. The molecule has 1 nitrogen and oxygen atoms in total. The van der Waals surface area contributed by atoms with Crippen molar-refractivity contribution in [2.75, 3.05) is 5.73 Å². The quantitative estimate of drug-likeness (QED) is 0.342. The van der Waals surface area contributed by atoms with E-state index in [2.05, 4.69) is 12.1 Å². The molecule has 2 aromatic carbocycles. The van der Waals surface area contributed by atoms with Crippen molar-refractivity contribution < 1.29 is 62.0 Å². The van der Waals surface area contributed by atoms with E-state index in [4.69, 9.17) is 5.73 Å². The van der Waals surface area contributed by atoms with E-state index in [1.807, 2.05) is 30.3 Å². The van der Waals surface area contributed by atoms with Crippen LogP contribution in [0.25, 0.3) is 10.8 Å². The summed E-state index contributed by atoms with van der Waals surface area (Å²) in [6, 6.07) is 14.1. The first-order valence-corrected chi connectivity index (χ1v) is 3.61. The molecule has 0 atom stereocenters. The topological polar surface area (TPSA) is 26.0 Å². The fourth-order valence-corrected chi connectivity index (χ4v) is 1.25. The molecule has 0 saturated carbocycles. The summed E-state index contributed by atoms with van der Waals surface area (Å²) in [5.41, 5.74) is 6.61. The minimum absolute atomic E-state index is 0. The summed E-state index contributed by atoms with van der Waals surface area (Å²) in [5, 5.41) is 2.34. The molecule has 0 heterocycles. The third-order valence-corrected chi connectivity index (χ3v) is 1.82. The minimum atomic E-state index is 0. The molecular weight excluding hydrogens is 180 g/mol. The number of nitrogen functional groups attached to an aromatic ring is 1. The van der Waals surface area contributed by atoms with Gasteiger partial charge in [0.2, 0.25) is 0 Å². The molecule has 0 saturated heterocycles. The Morgan fingerprint density at radius 3 is 2.15 bits per heavy atom. The van der Waals surface area contributed by atoms with Crippen LogP contribution < -0.4 is 64.8 Å². The van der Waals surface area contributed by atoms with Gasteiger partial charge in [-0.1, -0.05) is 36.4 Å². The molecule has 13 heavy (non-hydrogen) atoms. The Bertz CT molecular complexity index is 391. The first-order valence-electron chi connectivity index (χ1n) is 3.61. The van der Waals surface area contributed by atoms with Crippen molar-refractivity contribution >= 4 is 16.5 Å². The molecular formula is C10H11NNa2. The van der Waals surface area contributed by atoms with Crippen LogP contribution in [0.5, 0.6) is 0 Å². The van der Waals surface area contributed by atoms with E-state index in [1.54, 1.807) is 0 Å².